The van der Waals surface area contributed by atoms with Gasteiger partial charge in [-0.15, -0.1) is 0 Å². The number of rotatable bonds is 6. The lowest BCUT2D eigenvalue weighted by Gasteiger charge is -1.96. The Kier molecular flexibility index (Phi) is 6.44. The summed E-state index contributed by atoms with van der Waals surface area (Å²) in [5.41, 5.74) is 1.38. The Morgan fingerprint density at radius 1 is 1.42 bits per heavy atom. The molecule has 0 atom stereocenters. The standard InChI is InChI=1S/C10H18O2/c1-3-6-9(2)7-4-5-8-10(11)12/h7H,3-6,8H2,1-2H3,(H,11,12). The van der Waals surface area contributed by atoms with Crippen molar-refractivity contribution in [1.29, 1.82) is 0 Å². The Labute approximate surface area is 74.3 Å². The van der Waals surface area contributed by atoms with Gasteiger partial charge in [-0.2, -0.15) is 0 Å². The second kappa shape index (κ2) is 6.89. The molecule has 0 spiro atoms. The average molecular weight is 170 g/mol. The van der Waals surface area contributed by atoms with Gasteiger partial charge in [0.1, 0.15) is 0 Å². The van der Waals surface area contributed by atoms with Crippen molar-refractivity contribution in [3.05, 3.63) is 11.6 Å². The predicted octanol–water partition coefficient (Wildman–Crippen LogP) is 2.99. The minimum Gasteiger partial charge on any atom is -0.481 e. The van der Waals surface area contributed by atoms with E-state index in [9.17, 15) is 4.79 Å². The number of unbranched alkanes of at least 4 members (excludes halogenated alkanes) is 1. The molecule has 0 bridgehead atoms. The summed E-state index contributed by atoms with van der Waals surface area (Å²) in [6.07, 6.45) is 6.39. The molecule has 0 saturated carbocycles. The molecular formula is C10H18O2. The van der Waals surface area contributed by atoms with Crippen molar-refractivity contribution in [2.45, 2.75) is 46.0 Å². The van der Waals surface area contributed by atoms with Crippen molar-refractivity contribution in [3.8, 4) is 0 Å². The molecule has 1 N–H and O–H groups in total. The third-order valence-corrected chi connectivity index (χ3v) is 1.73. The molecule has 12 heavy (non-hydrogen) atoms. The van der Waals surface area contributed by atoms with Crippen LogP contribution in [0.2, 0.25) is 0 Å². The van der Waals surface area contributed by atoms with Gasteiger partial charge in [0, 0.05) is 6.42 Å². The number of hydrogen-bond donors (Lipinski definition) is 1. The quantitative estimate of drug-likeness (QED) is 0.491. The lowest BCUT2D eigenvalue weighted by atomic mass is 10.1. The molecular weight excluding hydrogens is 152 g/mol. The molecule has 0 heterocycles. The summed E-state index contributed by atoms with van der Waals surface area (Å²) in [7, 11) is 0. The van der Waals surface area contributed by atoms with Crippen LogP contribution in [0.1, 0.15) is 46.0 Å². The van der Waals surface area contributed by atoms with Gasteiger partial charge < -0.3 is 5.11 Å². The monoisotopic (exact) mass is 170 g/mol. The Morgan fingerprint density at radius 3 is 2.58 bits per heavy atom. The molecule has 0 aromatic heterocycles. The van der Waals surface area contributed by atoms with E-state index in [1.54, 1.807) is 0 Å². The zero-order valence-corrected chi connectivity index (χ0v) is 7.97. The van der Waals surface area contributed by atoms with Crippen LogP contribution in [0.4, 0.5) is 0 Å². The number of allylic oxidation sites excluding steroid dienone is 2. The molecule has 0 unspecified atom stereocenters. The fourth-order valence-corrected chi connectivity index (χ4v) is 1.10. The molecule has 0 radical (unpaired) electrons. The fourth-order valence-electron chi connectivity index (χ4n) is 1.10. The molecule has 0 aliphatic rings. The maximum atomic E-state index is 10.1. The van der Waals surface area contributed by atoms with Gasteiger partial charge >= 0.3 is 5.97 Å². The van der Waals surface area contributed by atoms with Crippen LogP contribution in [-0.4, -0.2) is 11.1 Å². The number of carboxylic acids is 1. The van der Waals surface area contributed by atoms with Gasteiger partial charge in [0.25, 0.3) is 0 Å². The van der Waals surface area contributed by atoms with Crippen LogP contribution in [0.15, 0.2) is 11.6 Å². The topological polar surface area (TPSA) is 37.3 Å². The van der Waals surface area contributed by atoms with Crippen LogP contribution in [0.5, 0.6) is 0 Å². The van der Waals surface area contributed by atoms with E-state index in [4.69, 9.17) is 5.11 Å². The van der Waals surface area contributed by atoms with Gasteiger partial charge in [-0.25, -0.2) is 0 Å². The lowest BCUT2D eigenvalue weighted by molar-refractivity contribution is -0.137. The van der Waals surface area contributed by atoms with Crippen LogP contribution in [0.25, 0.3) is 0 Å². The van der Waals surface area contributed by atoms with Crippen molar-refractivity contribution < 1.29 is 9.90 Å². The molecule has 0 aromatic carbocycles. The number of hydrogen-bond acceptors (Lipinski definition) is 1. The smallest absolute Gasteiger partial charge is 0.303 e. The lowest BCUT2D eigenvalue weighted by Crippen LogP contribution is -1.92. The van der Waals surface area contributed by atoms with E-state index >= 15 is 0 Å². The summed E-state index contributed by atoms with van der Waals surface area (Å²) >= 11 is 0. The minimum absolute atomic E-state index is 0.288. The first-order valence-corrected chi connectivity index (χ1v) is 4.54. The zero-order valence-electron chi connectivity index (χ0n) is 7.97. The Bertz CT molecular complexity index is 159. The first kappa shape index (κ1) is 11.2. The third-order valence-electron chi connectivity index (χ3n) is 1.73. The van der Waals surface area contributed by atoms with Crippen LogP contribution < -0.4 is 0 Å². The maximum absolute atomic E-state index is 10.1. The predicted molar refractivity (Wildman–Crippen MR) is 50.2 cm³/mol. The zero-order chi connectivity index (χ0) is 9.40. The van der Waals surface area contributed by atoms with Crippen molar-refractivity contribution in [3.63, 3.8) is 0 Å². The van der Waals surface area contributed by atoms with Gasteiger partial charge in [0.15, 0.2) is 0 Å². The molecule has 0 amide bonds. The number of carbonyl (C=O) groups is 1. The van der Waals surface area contributed by atoms with E-state index in [0.717, 1.165) is 19.3 Å². The van der Waals surface area contributed by atoms with Gasteiger partial charge in [-0.1, -0.05) is 25.0 Å². The first-order chi connectivity index (χ1) is 5.66. The van der Waals surface area contributed by atoms with Crippen LogP contribution in [0.3, 0.4) is 0 Å². The molecule has 0 saturated heterocycles. The van der Waals surface area contributed by atoms with Crippen molar-refractivity contribution >= 4 is 5.97 Å². The van der Waals surface area contributed by atoms with Crippen molar-refractivity contribution in [2.24, 2.45) is 0 Å². The van der Waals surface area contributed by atoms with E-state index in [2.05, 4.69) is 19.9 Å². The molecule has 0 aliphatic carbocycles. The molecule has 2 nitrogen and oxygen atoms in total. The van der Waals surface area contributed by atoms with Crippen molar-refractivity contribution in [2.75, 3.05) is 0 Å². The molecule has 0 rings (SSSR count). The van der Waals surface area contributed by atoms with Gasteiger partial charge in [-0.05, 0) is 26.2 Å². The van der Waals surface area contributed by atoms with Gasteiger partial charge in [0.05, 0.1) is 0 Å². The van der Waals surface area contributed by atoms with Crippen LogP contribution >= 0.6 is 0 Å². The summed E-state index contributed by atoms with van der Waals surface area (Å²) in [6, 6.07) is 0. The number of aliphatic carboxylic acids is 1. The second-order valence-electron chi connectivity index (χ2n) is 3.09. The summed E-state index contributed by atoms with van der Waals surface area (Å²) in [4.78, 5) is 10.1. The SMILES string of the molecule is CCCC(C)=CCCCC(=O)O. The maximum Gasteiger partial charge on any atom is 0.303 e. The van der Waals surface area contributed by atoms with Crippen LogP contribution in [-0.2, 0) is 4.79 Å². The highest BCUT2D eigenvalue weighted by Crippen LogP contribution is 2.06. The summed E-state index contributed by atoms with van der Waals surface area (Å²) in [6.45, 7) is 4.25. The van der Waals surface area contributed by atoms with E-state index in [1.807, 2.05) is 0 Å². The average Bonchev–Trinajstić information content (AvgIpc) is 1.98. The highest BCUT2D eigenvalue weighted by Gasteiger charge is 1.94. The normalized spacial score (nSPS) is 11.7. The highest BCUT2D eigenvalue weighted by molar-refractivity contribution is 5.66. The molecule has 2 heteroatoms. The summed E-state index contributed by atoms with van der Waals surface area (Å²) in [5, 5.41) is 8.36. The first-order valence-electron chi connectivity index (χ1n) is 4.54. The molecule has 0 fully saturated rings. The van der Waals surface area contributed by atoms with Gasteiger partial charge in [-0.3, -0.25) is 4.79 Å². The van der Waals surface area contributed by atoms with E-state index in [1.165, 1.54) is 12.0 Å². The molecule has 70 valence electrons. The summed E-state index contributed by atoms with van der Waals surface area (Å²) in [5.74, 6) is -0.698. The Hall–Kier alpha value is -0.790. The van der Waals surface area contributed by atoms with E-state index < -0.39 is 5.97 Å². The number of carboxylic acid groups (broad SMARTS) is 1. The van der Waals surface area contributed by atoms with Gasteiger partial charge in [0.2, 0.25) is 0 Å². The van der Waals surface area contributed by atoms with Crippen LogP contribution in [0, 0.1) is 0 Å². The molecule has 0 aliphatic heterocycles. The minimum atomic E-state index is -0.698. The molecule has 0 aromatic rings. The highest BCUT2D eigenvalue weighted by atomic mass is 16.4. The Balaban J connectivity index is 3.39. The Morgan fingerprint density at radius 2 is 2.08 bits per heavy atom. The summed E-state index contributed by atoms with van der Waals surface area (Å²) < 4.78 is 0. The largest absolute Gasteiger partial charge is 0.481 e. The second-order valence-corrected chi connectivity index (χ2v) is 3.09. The fraction of sp³-hybridized carbons (Fsp3) is 0.700. The third kappa shape index (κ3) is 7.32. The van der Waals surface area contributed by atoms with Crippen molar-refractivity contribution in [1.82, 2.24) is 0 Å². The van der Waals surface area contributed by atoms with E-state index in [-0.39, 0.29) is 6.42 Å². The van der Waals surface area contributed by atoms with E-state index in [0.29, 0.717) is 0 Å².